The fourth-order valence-electron chi connectivity index (χ4n) is 4.41. The van der Waals surface area contributed by atoms with Crippen LogP contribution in [0, 0.1) is 0 Å². The predicted octanol–water partition coefficient (Wildman–Crippen LogP) is 7.70. The molecule has 0 radical (unpaired) electrons. The second-order valence-corrected chi connectivity index (χ2v) is 11.7. The number of thiazole rings is 1. The second-order valence-electron chi connectivity index (χ2n) is 9.81. The molecule has 222 valence electrons. The maximum atomic E-state index is 13.1. The number of amides is 3. The number of hydrogen-bond donors (Lipinski definition) is 3. The Labute approximate surface area is 267 Å². The van der Waals surface area contributed by atoms with E-state index in [1.165, 1.54) is 35.4 Å². The molecule has 4 aromatic carbocycles. The van der Waals surface area contributed by atoms with Crippen LogP contribution in [0.4, 0.5) is 10.8 Å². The molecule has 0 fully saturated rings. The summed E-state index contributed by atoms with van der Waals surface area (Å²) in [6.45, 7) is 0. The number of thioether (sulfide) groups is 1. The minimum Gasteiger partial charge on any atom is -0.465 e. The molecule has 6 rings (SSSR count). The van der Waals surface area contributed by atoms with Gasteiger partial charge < -0.3 is 20.4 Å². The van der Waals surface area contributed by atoms with Gasteiger partial charge in [0.15, 0.2) is 5.13 Å². The van der Waals surface area contributed by atoms with Crippen molar-refractivity contribution in [3.05, 3.63) is 138 Å². The van der Waals surface area contributed by atoms with Crippen LogP contribution in [0.5, 0.6) is 0 Å². The summed E-state index contributed by atoms with van der Waals surface area (Å²) in [7, 11) is 0. The normalized spacial score (nSPS) is 11.2. The van der Waals surface area contributed by atoms with Gasteiger partial charge in [-0.2, -0.15) is 0 Å². The van der Waals surface area contributed by atoms with Gasteiger partial charge in [0.1, 0.15) is 11.5 Å². The summed E-state index contributed by atoms with van der Waals surface area (Å²) in [5.74, 6) is -0.490. The van der Waals surface area contributed by atoms with Crippen LogP contribution in [0.15, 0.2) is 136 Å². The molecule has 2 heterocycles. The van der Waals surface area contributed by atoms with Crippen molar-refractivity contribution in [1.82, 2.24) is 10.3 Å². The molecule has 0 saturated heterocycles. The largest absolute Gasteiger partial charge is 0.465 e. The summed E-state index contributed by atoms with van der Waals surface area (Å²) >= 11 is 2.75. The zero-order valence-corrected chi connectivity index (χ0v) is 25.4. The van der Waals surface area contributed by atoms with Crippen molar-refractivity contribution in [2.75, 3.05) is 16.4 Å². The Morgan fingerprint density at radius 1 is 0.822 bits per heavy atom. The van der Waals surface area contributed by atoms with E-state index in [1.54, 1.807) is 54.6 Å². The smallest absolute Gasteiger partial charge is 0.272 e. The lowest BCUT2D eigenvalue weighted by Gasteiger charge is -2.11. The van der Waals surface area contributed by atoms with Crippen LogP contribution in [0.25, 0.3) is 28.1 Å². The van der Waals surface area contributed by atoms with E-state index in [0.717, 1.165) is 26.9 Å². The van der Waals surface area contributed by atoms with Gasteiger partial charge in [-0.1, -0.05) is 54.6 Å². The van der Waals surface area contributed by atoms with E-state index in [2.05, 4.69) is 45.2 Å². The molecule has 3 N–H and O–H groups in total. The van der Waals surface area contributed by atoms with Crippen LogP contribution < -0.4 is 16.0 Å². The van der Waals surface area contributed by atoms with Crippen molar-refractivity contribution in [3.63, 3.8) is 0 Å². The highest BCUT2D eigenvalue weighted by Crippen LogP contribution is 2.28. The lowest BCUT2D eigenvalue weighted by molar-refractivity contribution is -0.114. The number of carbonyl (C=O) groups excluding carboxylic acids is 3. The van der Waals surface area contributed by atoms with Crippen molar-refractivity contribution in [3.8, 4) is 11.3 Å². The minimum atomic E-state index is -0.512. The van der Waals surface area contributed by atoms with Gasteiger partial charge in [0.25, 0.3) is 11.8 Å². The first-order valence-electron chi connectivity index (χ1n) is 13.9. The maximum Gasteiger partial charge on any atom is 0.272 e. The van der Waals surface area contributed by atoms with Gasteiger partial charge in [-0.25, -0.2) is 4.98 Å². The van der Waals surface area contributed by atoms with Crippen molar-refractivity contribution >= 4 is 68.5 Å². The molecule has 0 aliphatic carbocycles. The third-order valence-corrected chi connectivity index (χ3v) is 8.41. The van der Waals surface area contributed by atoms with Crippen LogP contribution in [0.1, 0.15) is 16.1 Å². The molecular formula is C35H26N4O4S2. The Morgan fingerprint density at radius 3 is 2.38 bits per heavy atom. The van der Waals surface area contributed by atoms with E-state index in [4.69, 9.17) is 4.42 Å². The molecule has 0 aliphatic rings. The minimum absolute atomic E-state index is 0.0277. The van der Waals surface area contributed by atoms with Crippen LogP contribution in [0.2, 0.25) is 0 Å². The van der Waals surface area contributed by atoms with Crippen LogP contribution in [-0.2, 0) is 9.59 Å². The zero-order chi connectivity index (χ0) is 31.0. The summed E-state index contributed by atoms with van der Waals surface area (Å²) in [5.41, 5.74) is 2.78. The zero-order valence-electron chi connectivity index (χ0n) is 23.7. The fourth-order valence-corrected chi connectivity index (χ4v) is 5.84. The standard InChI is InChI=1S/C35H26N4O4S2/c40-32(39-35-38-31(21-45-35)26-13-12-23-7-4-5-10-25(23)19-26)22-44-29-16-14-27(15-17-29)36-34(42)30(20-28-11-6-18-43-28)37-33(41)24-8-2-1-3-9-24/h1-21H,22H2,(H,36,42)(H,37,41)(H,38,39,40)/b30-20-. The number of aromatic nitrogens is 1. The highest BCUT2D eigenvalue weighted by molar-refractivity contribution is 8.00. The van der Waals surface area contributed by atoms with Crippen LogP contribution in [-0.4, -0.2) is 28.5 Å². The summed E-state index contributed by atoms with van der Waals surface area (Å²) in [6, 6.07) is 33.4. The Bertz CT molecular complexity index is 1990. The number of rotatable bonds is 10. The first-order chi connectivity index (χ1) is 22.0. The number of furan rings is 1. The van der Waals surface area contributed by atoms with E-state index in [0.29, 0.717) is 22.1 Å². The average molecular weight is 631 g/mol. The highest BCUT2D eigenvalue weighted by atomic mass is 32.2. The van der Waals surface area contributed by atoms with Crippen LogP contribution >= 0.6 is 23.1 Å². The number of carbonyl (C=O) groups is 3. The summed E-state index contributed by atoms with van der Waals surface area (Å²) in [4.78, 5) is 44.0. The van der Waals surface area contributed by atoms with Gasteiger partial charge in [0, 0.05) is 33.2 Å². The second kappa shape index (κ2) is 13.9. The molecule has 45 heavy (non-hydrogen) atoms. The molecule has 0 bridgehead atoms. The van der Waals surface area contributed by atoms with E-state index >= 15 is 0 Å². The molecule has 6 aromatic rings. The van der Waals surface area contributed by atoms with E-state index in [1.807, 2.05) is 35.7 Å². The van der Waals surface area contributed by atoms with Crippen molar-refractivity contribution in [1.29, 1.82) is 0 Å². The molecule has 3 amide bonds. The molecule has 0 spiro atoms. The Morgan fingerprint density at radius 2 is 1.60 bits per heavy atom. The fraction of sp³-hybridized carbons (Fsp3) is 0.0286. The summed E-state index contributed by atoms with van der Waals surface area (Å²) in [5, 5.41) is 13.1. The molecule has 10 heteroatoms. The molecule has 0 aliphatic heterocycles. The lowest BCUT2D eigenvalue weighted by Crippen LogP contribution is -2.30. The summed E-state index contributed by atoms with van der Waals surface area (Å²) in [6.07, 6.45) is 2.95. The average Bonchev–Trinajstić information content (AvgIpc) is 3.77. The number of anilines is 2. The number of benzene rings is 4. The highest BCUT2D eigenvalue weighted by Gasteiger charge is 2.16. The predicted molar refractivity (Wildman–Crippen MR) is 180 cm³/mol. The summed E-state index contributed by atoms with van der Waals surface area (Å²) < 4.78 is 5.34. The lowest BCUT2D eigenvalue weighted by atomic mass is 10.1. The molecule has 0 atom stereocenters. The topological polar surface area (TPSA) is 113 Å². The SMILES string of the molecule is O=C(CSc1ccc(NC(=O)/C(=C/c2ccco2)NC(=O)c2ccccc2)cc1)Nc1nc(-c2ccc3ccccc3c2)cs1. The Kier molecular flexibility index (Phi) is 9.14. The van der Waals surface area contributed by atoms with Crippen LogP contribution in [0.3, 0.4) is 0 Å². The van der Waals surface area contributed by atoms with Crippen molar-refractivity contribution in [2.24, 2.45) is 0 Å². The quantitative estimate of drug-likeness (QED) is 0.106. The monoisotopic (exact) mass is 630 g/mol. The number of hydrogen-bond acceptors (Lipinski definition) is 7. The van der Waals surface area contributed by atoms with Gasteiger partial charge in [0.2, 0.25) is 5.91 Å². The van der Waals surface area contributed by atoms with Crippen molar-refractivity contribution < 1.29 is 18.8 Å². The third kappa shape index (κ3) is 7.74. The number of nitrogens with one attached hydrogen (secondary N) is 3. The Balaban J connectivity index is 1.03. The Hall–Kier alpha value is -5.45. The molecule has 0 unspecified atom stereocenters. The van der Waals surface area contributed by atoms with E-state index in [-0.39, 0.29) is 17.4 Å². The molecular weight excluding hydrogens is 605 g/mol. The van der Waals surface area contributed by atoms with E-state index in [9.17, 15) is 14.4 Å². The number of nitrogens with zero attached hydrogens (tertiary/aromatic N) is 1. The first-order valence-corrected chi connectivity index (χ1v) is 15.8. The van der Waals surface area contributed by atoms with Gasteiger partial charge in [0.05, 0.1) is 17.7 Å². The van der Waals surface area contributed by atoms with Gasteiger partial charge >= 0.3 is 0 Å². The van der Waals surface area contributed by atoms with Gasteiger partial charge in [-0.15, -0.1) is 23.1 Å². The van der Waals surface area contributed by atoms with E-state index < -0.39 is 11.8 Å². The molecule has 8 nitrogen and oxygen atoms in total. The van der Waals surface area contributed by atoms with Gasteiger partial charge in [-0.05, 0) is 65.4 Å². The molecule has 0 saturated carbocycles. The van der Waals surface area contributed by atoms with Crippen molar-refractivity contribution in [2.45, 2.75) is 4.90 Å². The van der Waals surface area contributed by atoms with Gasteiger partial charge in [-0.3, -0.25) is 14.4 Å². The number of fused-ring (bicyclic) bond motifs is 1. The molecule has 2 aromatic heterocycles. The first kappa shape index (κ1) is 29.6. The third-order valence-electron chi connectivity index (χ3n) is 6.64. The maximum absolute atomic E-state index is 13.1.